The van der Waals surface area contributed by atoms with Crippen molar-refractivity contribution in [3.63, 3.8) is 0 Å². The number of amides is 1. The summed E-state index contributed by atoms with van der Waals surface area (Å²) in [6.07, 6.45) is 0. The molecule has 180 valence electrons. The third kappa shape index (κ3) is 4.92. The predicted octanol–water partition coefficient (Wildman–Crippen LogP) is 5.66. The second-order valence-corrected chi connectivity index (χ2v) is 9.01. The number of aliphatic hydroxyl groups is 1. The first kappa shape index (κ1) is 24.1. The number of aryl methyl sites for hydroxylation is 1. The maximum absolute atomic E-state index is 13.3. The lowest BCUT2D eigenvalue weighted by atomic mass is 9.95. The van der Waals surface area contributed by atoms with Crippen molar-refractivity contribution in [3.8, 4) is 11.5 Å². The van der Waals surface area contributed by atoms with Gasteiger partial charge in [-0.25, -0.2) is 0 Å². The van der Waals surface area contributed by atoms with Crippen LogP contribution in [0.2, 0.25) is 0 Å². The molecule has 0 spiro atoms. The quantitative estimate of drug-likeness (QED) is 0.273. The summed E-state index contributed by atoms with van der Waals surface area (Å²) in [5, 5.41) is 11.3. The molecule has 0 bridgehead atoms. The minimum atomic E-state index is -0.804. The number of hydrogen-bond acceptors (Lipinski definition) is 5. The van der Waals surface area contributed by atoms with Crippen LogP contribution in [0.25, 0.3) is 5.76 Å². The van der Waals surface area contributed by atoms with Gasteiger partial charge in [-0.2, -0.15) is 0 Å². The molecule has 35 heavy (non-hydrogen) atoms. The number of Topliss-reactive ketones (excluding diaryl/α,β-unsaturated/α-hetero) is 1. The van der Waals surface area contributed by atoms with Crippen LogP contribution in [0.15, 0.2) is 78.4 Å². The van der Waals surface area contributed by atoms with E-state index in [2.05, 4.69) is 13.8 Å². The lowest BCUT2D eigenvalue weighted by Crippen LogP contribution is -2.29. The molecule has 0 aliphatic carbocycles. The van der Waals surface area contributed by atoms with Crippen LogP contribution in [0.4, 0.5) is 5.69 Å². The second-order valence-electron chi connectivity index (χ2n) is 9.01. The van der Waals surface area contributed by atoms with Gasteiger partial charge in [0.1, 0.15) is 17.3 Å². The molecule has 1 N–H and O–H groups in total. The molecule has 3 aromatic rings. The van der Waals surface area contributed by atoms with Gasteiger partial charge in [0.25, 0.3) is 11.7 Å². The van der Waals surface area contributed by atoms with Crippen molar-refractivity contribution in [1.29, 1.82) is 0 Å². The van der Waals surface area contributed by atoms with E-state index in [4.69, 9.17) is 9.47 Å². The summed E-state index contributed by atoms with van der Waals surface area (Å²) >= 11 is 0. The third-order valence-corrected chi connectivity index (χ3v) is 5.85. The Morgan fingerprint density at radius 2 is 1.69 bits per heavy atom. The Hall–Kier alpha value is -4.06. The first-order valence-electron chi connectivity index (χ1n) is 11.5. The maximum Gasteiger partial charge on any atom is 0.300 e. The van der Waals surface area contributed by atoms with E-state index in [0.29, 0.717) is 40.8 Å². The monoisotopic (exact) mass is 471 g/mol. The summed E-state index contributed by atoms with van der Waals surface area (Å²) in [5.41, 5.74) is 2.65. The average molecular weight is 472 g/mol. The summed E-state index contributed by atoms with van der Waals surface area (Å²) in [4.78, 5) is 28.1. The molecule has 1 aliphatic rings. The van der Waals surface area contributed by atoms with E-state index in [0.717, 1.165) is 5.56 Å². The number of ether oxygens (including phenoxy) is 2. The fraction of sp³-hybridized carbons (Fsp3) is 0.241. The summed E-state index contributed by atoms with van der Waals surface area (Å²) in [6.45, 7) is 6.65. The van der Waals surface area contributed by atoms with Gasteiger partial charge < -0.3 is 14.6 Å². The molecular weight excluding hydrogens is 442 g/mol. The first-order chi connectivity index (χ1) is 16.8. The van der Waals surface area contributed by atoms with Crippen LogP contribution < -0.4 is 14.4 Å². The van der Waals surface area contributed by atoms with Crippen LogP contribution in [0, 0.1) is 12.8 Å². The SMILES string of the molecule is COc1cccc(/C(O)=C2\C(=O)C(=O)N(c3cccc(C)c3)C2c2ccc(OCC(C)C)cc2)c1. The number of benzene rings is 3. The Labute approximate surface area is 205 Å². The van der Waals surface area contributed by atoms with Crippen molar-refractivity contribution in [2.75, 3.05) is 18.6 Å². The molecule has 6 nitrogen and oxygen atoms in total. The Kier molecular flexibility index (Phi) is 6.92. The molecule has 1 amide bonds. The molecule has 1 fully saturated rings. The van der Waals surface area contributed by atoms with Crippen LogP contribution >= 0.6 is 0 Å². The van der Waals surface area contributed by atoms with E-state index < -0.39 is 17.7 Å². The van der Waals surface area contributed by atoms with Gasteiger partial charge in [0.15, 0.2) is 0 Å². The largest absolute Gasteiger partial charge is 0.507 e. The Morgan fingerprint density at radius 3 is 2.34 bits per heavy atom. The van der Waals surface area contributed by atoms with Crippen LogP contribution in [0.3, 0.4) is 0 Å². The van der Waals surface area contributed by atoms with E-state index in [1.165, 1.54) is 12.0 Å². The topological polar surface area (TPSA) is 76.1 Å². The lowest BCUT2D eigenvalue weighted by Gasteiger charge is -2.26. The van der Waals surface area contributed by atoms with Crippen LogP contribution in [0.5, 0.6) is 11.5 Å². The van der Waals surface area contributed by atoms with Gasteiger partial charge in [0.05, 0.1) is 25.3 Å². The highest BCUT2D eigenvalue weighted by molar-refractivity contribution is 6.51. The van der Waals surface area contributed by atoms with E-state index in [1.807, 2.05) is 49.4 Å². The van der Waals surface area contributed by atoms with Crippen molar-refractivity contribution < 1.29 is 24.2 Å². The van der Waals surface area contributed by atoms with E-state index in [9.17, 15) is 14.7 Å². The summed E-state index contributed by atoms with van der Waals surface area (Å²) in [5.74, 6) is -0.0662. The summed E-state index contributed by atoms with van der Waals surface area (Å²) < 4.78 is 11.1. The summed E-state index contributed by atoms with van der Waals surface area (Å²) in [6, 6.07) is 20.7. The molecule has 1 atom stereocenters. The Morgan fingerprint density at radius 1 is 0.971 bits per heavy atom. The number of carbonyl (C=O) groups is 2. The van der Waals surface area contributed by atoms with Crippen molar-refractivity contribution in [1.82, 2.24) is 0 Å². The minimum absolute atomic E-state index is 0.0283. The molecule has 0 aromatic heterocycles. The van der Waals surface area contributed by atoms with E-state index in [1.54, 1.807) is 30.3 Å². The molecule has 3 aromatic carbocycles. The molecule has 4 rings (SSSR count). The Bertz CT molecular complexity index is 1280. The number of aliphatic hydroxyl groups excluding tert-OH is 1. The van der Waals surface area contributed by atoms with Gasteiger partial charge in [-0.3, -0.25) is 14.5 Å². The van der Waals surface area contributed by atoms with E-state index in [-0.39, 0.29) is 11.3 Å². The lowest BCUT2D eigenvalue weighted by molar-refractivity contribution is -0.132. The van der Waals surface area contributed by atoms with Gasteiger partial charge in [-0.05, 0) is 60.4 Å². The number of rotatable bonds is 7. The zero-order chi connectivity index (χ0) is 25.1. The second kappa shape index (κ2) is 10.1. The number of carbonyl (C=O) groups excluding carboxylic acids is 2. The Balaban J connectivity index is 1.86. The normalized spacial score (nSPS) is 17.2. The number of hydrogen-bond donors (Lipinski definition) is 1. The molecule has 0 radical (unpaired) electrons. The molecule has 1 heterocycles. The smallest absolute Gasteiger partial charge is 0.300 e. The summed E-state index contributed by atoms with van der Waals surface area (Å²) in [7, 11) is 1.53. The fourth-order valence-electron chi connectivity index (χ4n) is 4.13. The highest BCUT2D eigenvalue weighted by atomic mass is 16.5. The average Bonchev–Trinajstić information content (AvgIpc) is 3.13. The minimum Gasteiger partial charge on any atom is -0.507 e. The van der Waals surface area contributed by atoms with Crippen LogP contribution in [0.1, 0.15) is 36.6 Å². The van der Waals surface area contributed by atoms with Gasteiger partial charge in [-0.1, -0.05) is 50.2 Å². The van der Waals surface area contributed by atoms with Crippen molar-refractivity contribution in [2.45, 2.75) is 26.8 Å². The fourth-order valence-corrected chi connectivity index (χ4v) is 4.13. The van der Waals surface area contributed by atoms with Gasteiger partial charge >= 0.3 is 0 Å². The molecule has 1 saturated heterocycles. The highest BCUT2D eigenvalue weighted by Crippen LogP contribution is 2.42. The standard InChI is InChI=1S/C29H29NO5/c1-18(2)17-35-23-13-11-20(12-14-23)26-25(27(31)21-8-6-10-24(16-21)34-4)28(32)29(33)30(26)22-9-5-7-19(3)15-22/h5-16,18,26,31H,17H2,1-4H3/b27-25+. The maximum atomic E-state index is 13.3. The van der Waals surface area contributed by atoms with Crippen molar-refractivity contribution >= 4 is 23.1 Å². The predicted molar refractivity (Wildman–Crippen MR) is 136 cm³/mol. The number of nitrogens with zero attached hydrogens (tertiary/aromatic N) is 1. The van der Waals surface area contributed by atoms with Gasteiger partial charge in [-0.15, -0.1) is 0 Å². The molecule has 6 heteroatoms. The van der Waals surface area contributed by atoms with Crippen molar-refractivity contribution in [2.24, 2.45) is 5.92 Å². The third-order valence-electron chi connectivity index (χ3n) is 5.85. The first-order valence-corrected chi connectivity index (χ1v) is 11.5. The van der Waals surface area contributed by atoms with Gasteiger partial charge in [0, 0.05) is 11.3 Å². The zero-order valence-electron chi connectivity index (χ0n) is 20.3. The van der Waals surface area contributed by atoms with E-state index >= 15 is 0 Å². The highest BCUT2D eigenvalue weighted by Gasteiger charge is 2.47. The number of anilines is 1. The molecule has 1 unspecified atom stereocenters. The number of ketones is 1. The van der Waals surface area contributed by atoms with Gasteiger partial charge in [0.2, 0.25) is 0 Å². The van der Waals surface area contributed by atoms with Crippen LogP contribution in [-0.4, -0.2) is 30.5 Å². The molecule has 1 aliphatic heterocycles. The van der Waals surface area contributed by atoms with Crippen LogP contribution in [-0.2, 0) is 9.59 Å². The molecule has 0 saturated carbocycles. The molecular formula is C29H29NO5. The number of methoxy groups -OCH3 is 1. The van der Waals surface area contributed by atoms with Crippen molar-refractivity contribution in [3.05, 3.63) is 95.1 Å². The zero-order valence-corrected chi connectivity index (χ0v) is 20.3.